The fourth-order valence-electron chi connectivity index (χ4n) is 2.74. The first-order valence-electron chi connectivity index (χ1n) is 6.61. The number of carbonyl (C=O) groups is 1. The molecule has 2 rings (SSSR count). The standard InChI is InChI=1S/C14H21N3O/c1-11-6-2-4-8-14(11,10-15)17-13(18)12-7-3-5-9-16-12/h3,5,7,9,11H,2,4,6,8,10,15H2,1H3,(H,17,18). The van der Waals surface area contributed by atoms with Crippen molar-refractivity contribution in [1.29, 1.82) is 0 Å². The van der Waals surface area contributed by atoms with Crippen LogP contribution in [-0.2, 0) is 0 Å². The van der Waals surface area contributed by atoms with E-state index in [1.165, 1.54) is 6.42 Å². The minimum absolute atomic E-state index is 0.116. The van der Waals surface area contributed by atoms with E-state index >= 15 is 0 Å². The van der Waals surface area contributed by atoms with E-state index in [0.29, 0.717) is 18.2 Å². The van der Waals surface area contributed by atoms with E-state index in [2.05, 4.69) is 17.2 Å². The molecule has 0 radical (unpaired) electrons. The maximum absolute atomic E-state index is 12.2. The van der Waals surface area contributed by atoms with E-state index in [-0.39, 0.29) is 11.4 Å². The number of hydrogen-bond acceptors (Lipinski definition) is 3. The van der Waals surface area contributed by atoms with Gasteiger partial charge in [0.15, 0.2) is 0 Å². The SMILES string of the molecule is CC1CCCCC1(CN)NC(=O)c1ccccn1. The van der Waals surface area contributed by atoms with Crippen LogP contribution in [0.25, 0.3) is 0 Å². The second-order valence-electron chi connectivity index (χ2n) is 5.18. The molecule has 2 unspecified atom stereocenters. The lowest BCUT2D eigenvalue weighted by atomic mass is 9.73. The van der Waals surface area contributed by atoms with Gasteiger partial charge in [0, 0.05) is 12.7 Å². The lowest BCUT2D eigenvalue weighted by Gasteiger charge is -2.42. The van der Waals surface area contributed by atoms with E-state index in [9.17, 15) is 4.79 Å². The van der Waals surface area contributed by atoms with Crippen LogP contribution < -0.4 is 11.1 Å². The van der Waals surface area contributed by atoms with Gasteiger partial charge in [0.25, 0.3) is 5.91 Å². The summed E-state index contributed by atoms with van der Waals surface area (Å²) >= 11 is 0. The molecule has 0 aliphatic heterocycles. The van der Waals surface area contributed by atoms with E-state index in [4.69, 9.17) is 5.73 Å². The maximum atomic E-state index is 12.2. The van der Waals surface area contributed by atoms with Gasteiger partial charge in [0.1, 0.15) is 5.69 Å². The third kappa shape index (κ3) is 2.53. The minimum atomic E-state index is -0.257. The summed E-state index contributed by atoms with van der Waals surface area (Å²) in [6, 6.07) is 5.35. The van der Waals surface area contributed by atoms with Crippen LogP contribution in [0.3, 0.4) is 0 Å². The Morgan fingerprint density at radius 1 is 1.56 bits per heavy atom. The van der Waals surface area contributed by atoms with Crippen LogP contribution in [0.2, 0.25) is 0 Å². The van der Waals surface area contributed by atoms with E-state index < -0.39 is 0 Å². The van der Waals surface area contributed by atoms with Crippen molar-refractivity contribution in [1.82, 2.24) is 10.3 Å². The number of hydrogen-bond donors (Lipinski definition) is 2. The van der Waals surface area contributed by atoms with Crippen LogP contribution in [-0.4, -0.2) is 23.0 Å². The zero-order valence-corrected chi connectivity index (χ0v) is 10.9. The first kappa shape index (κ1) is 13.0. The van der Waals surface area contributed by atoms with Gasteiger partial charge in [0.05, 0.1) is 5.54 Å². The molecule has 1 aliphatic rings. The molecule has 1 heterocycles. The lowest BCUT2D eigenvalue weighted by Crippen LogP contribution is -2.59. The number of nitrogens with two attached hydrogens (primary N) is 1. The zero-order chi connectivity index (χ0) is 13.0. The highest BCUT2D eigenvalue weighted by atomic mass is 16.2. The molecule has 1 fully saturated rings. The quantitative estimate of drug-likeness (QED) is 0.854. The molecule has 0 saturated heterocycles. The number of rotatable bonds is 3. The molecule has 0 spiro atoms. The summed E-state index contributed by atoms with van der Waals surface area (Å²) in [6.45, 7) is 2.66. The van der Waals surface area contributed by atoms with Crippen molar-refractivity contribution < 1.29 is 4.79 Å². The Hall–Kier alpha value is -1.42. The molecule has 1 saturated carbocycles. The Kier molecular flexibility index (Phi) is 3.97. The Balaban J connectivity index is 2.13. The average molecular weight is 247 g/mol. The molecular weight excluding hydrogens is 226 g/mol. The maximum Gasteiger partial charge on any atom is 0.270 e. The van der Waals surface area contributed by atoms with Gasteiger partial charge in [-0.2, -0.15) is 0 Å². The van der Waals surface area contributed by atoms with Crippen molar-refractivity contribution in [2.45, 2.75) is 38.1 Å². The van der Waals surface area contributed by atoms with Crippen molar-refractivity contribution >= 4 is 5.91 Å². The number of aromatic nitrogens is 1. The molecule has 98 valence electrons. The Bertz CT molecular complexity index is 407. The molecule has 1 aliphatic carbocycles. The molecule has 4 heteroatoms. The first-order valence-corrected chi connectivity index (χ1v) is 6.61. The van der Waals surface area contributed by atoms with Gasteiger partial charge < -0.3 is 11.1 Å². The number of pyridine rings is 1. The highest BCUT2D eigenvalue weighted by Gasteiger charge is 2.38. The second-order valence-corrected chi connectivity index (χ2v) is 5.18. The monoisotopic (exact) mass is 247 g/mol. The molecular formula is C14H21N3O. The van der Waals surface area contributed by atoms with Crippen LogP contribution in [0.4, 0.5) is 0 Å². The molecule has 1 aromatic heterocycles. The Morgan fingerprint density at radius 2 is 2.39 bits per heavy atom. The summed E-state index contributed by atoms with van der Waals surface area (Å²) < 4.78 is 0. The van der Waals surface area contributed by atoms with Gasteiger partial charge in [-0.25, -0.2) is 0 Å². The van der Waals surface area contributed by atoms with Gasteiger partial charge in [0.2, 0.25) is 0 Å². The molecule has 4 nitrogen and oxygen atoms in total. The predicted octanol–water partition coefficient (Wildman–Crippen LogP) is 1.72. The fourth-order valence-corrected chi connectivity index (χ4v) is 2.74. The number of nitrogens with one attached hydrogen (secondary N) is 1. The summed E-state index contributed by atoms with van der Waals surface area (Å²) in [5.41, 5.74) is 6.12. The Labute approximate surface area is 108 Å². The van der Waals surface area contributed by atoms with Gasteiger partial charge >= 0.3 is 0 Å². The summed E-state index contributed by atoms with van der Waals surface area (Å²) in [7, 11) is 0. The van der Waals surface area contributed by atoms with Crippen LogP contribution in [0.1, 0.15) is 43.1 Å². The highest BCUT2D eigenvalue weighted by Crippen LogP contribution is 2.33. The van der Waals surface area contributed by atoms with Crippen LogP contribution in [0.5, 0.6) is 0 Å². The molecule has 18 heavy (non-hydrogen) atoms. The van der Waals surface area contributed by atoms with Crippen LogP contribution in [0, 0.1) is 5.92 Å². The summed E-state index contributed by atoms with van der Waals surface area (Å²) in [5.74, 6) is 0.304. The Morgan fingerprint density at radius 3 is 3.00 bits per heavy atom. The second kappa shape index (κ2) is 5.48. The topological polar surface area (TPSA) is 68.0 Å². The summed E-state index contributed by atoms with van der Waals surface area (Å²) in [5, 5.41) is 3.12. The fraction of sp³-hybridized carbons (Fsp3) is 0.571. The molecule has 3 N–H and O–H groups in total. The molecule has 2 atom stereocenters. The number of carbonyl (C=O) groups excluding carboxylic acids is 1. The average Bonchev–Trinajstić information content (AvgIpc) is 2.42. The first-order chi connectivity index (χ1) is 8.68. The van der Waals surface area contributed by atoms with Crippen molar-refractivity contribution in [2.75, 3.05) is 6.54 Å². The molecule has 0 bridgehead atoms. The third-order valence-corrected chi connectivity index (χ3v) is 4.08. The lowest BCUT2D eigenvalue weighted by molar-refractivity contribution is 0.0807. The largest absolute Gasteiger partial charge is 0.344 e. The highest BCUT2D eigenvalue weighted by molar-refractivity contribution is 5.92. The van der Waals surface area contributed by atoms with E-state index in [1.807, 2.05) is 6.07 Å². The predicted molar refractivity (Wildman–Crippen MR) is 71.1 cm³/mol. The minimum Gasteiger partial charge on any atom is -0.344 e. The van der Waals surface area contributed by atoms with Crippen LogP contribution in [0.15, 0.2) is 24.4 Å². The van der Waals surface area contributed by atoms with Crippen LogP contribution >= 0.6 is 0 Å². The molecule has 1 aromatic rings. The number of amides is 1. The smallest absolute Gasteiger partial charge is 0.270 e. The van der Waals surface area contributed by atoms with Gasteiger partial charge in [-0.05, 0) is 30.9 Å². The third-order valence-electron chi connectivity index (χ3n) is 4.08. The normalized spacial score (nSPS) is 27.8. The summed E-state index contributed by atoms with van der Waals surface area (Å²) in [4.78, 5) is 16.3. The zero-order valence-electron chi connectivity index (χ0n) is 10.9. The number of nitrogens with zero attached hydrogens (tertiary/aromatic N) is 1. The summed E-state index contributed by atoms with van der Waals surface area (Å²) in [6.07, 6.45) is 6.07. The van der Waals surface area contributed by atoms with E-state index in [0.717, 1.165) is 19.3 Å². The van der Waals surface area contributed by atoms with Crippen molar-refractivity contribution in [3.63, 3.8) is 0 Å². The van der Waals surface area contributed by atoms with Gasteiger partial charge in [-0.1, -0.05) is 25.8 Å². The van der Waals surface area contributed by atoms with Crippen molar-refractivity contribution in [2.24, 2.45) is 11.7 Å². The van der Waals surface area contributed by atoms with Gasteiger partial charge in [-0.15, -0.1) is 0 Å². The van der Waals surface area contributed by atoms with Gasteiger partial charge in [-0.3, -0.25) is 9.78 Å². The molecule has 1 amide bonds. The van der Waals surface area contributed by atoms with E-state index in [1.54, 1.807) is 18.3 Å². The van der Waals surface area contributed by atoms with Crippen molar-refractivity contribution in [3.05, 3.63) is 30.1 Å². The van der Waals surface area contributed by atoms with Crippen molar-refractivity contribution in [3.8, 4) is 0 Å². The molecule has 0 aromatic carbocycles.